The molecule has 0 saturated carbocycles. The van der Waals surface area contributed by atoms with E-state index < -0.39 is 0 Å². The van der Waals surface area contributed by atoms with Gasteiger partial charge in [0.25, 0.3) is 0 Å². The van der Waals surface area contributed by atoms with Crippen molar-refractivity contribution in [2.75, 3.05) is 7.11 Å². The smallest absolute Gasteiger partial charge is 0.306 e. The number of Topliss-reactive ketones (excluding diaryl/α,β-unsaturated/α-hetero) is 1. The number of unbranched alkanes of at least 4 members (excludes halogenated alkanes) is 1. The molecular formula is C15H19BrO3. The van der Waals surface area contributed by atoms with Gasteiger partial charge in [-0.3, -0.25) is 9.59 Å². The second kappa shape index (κ2) is 8.10. The Hall–Kier alpha value is -1.16. The van der Waals surface area contributed by atoms with Crippen LogP contribution in [0, 0.1) is 5.92 Å². The lowest BCUT2D eigenvalue weighted by molar-refractivity contribution is -0.141. The molecule has 0 amide bonds. The average molecular weight is 327 g/mol. The molecule has 0 bridgehead atoms. The highest BCUT2D eigenvalue weighted by Gasteiger charge is 2.22. The molecule has 1 atom stereocenters. The molecule has 4 heteroatoms. The predicted molar refractivity (Wildman–Crippen MR) is 78.1 cm³/mol. The number of carbonyl (C=O) groups excluding carboxylic acids is 2. The molecule has 1 aromatic rings. The second-order valence-corrected chi connectivity index (χ2v) is 5.41. The highest BCUT2D eigenvalue weighted by atomic mass is 79.9. The van der Waals surface area contributed by atoms with Crippen LogP contribution in [0.5, 0.6) is 0 Å². The normalized spacial score (nSPS) is 11.9. The van der Waals surface area contributed by atoms with Crippen LogP contribution in [0.1, 0.15) is 43.0 Å². The highest BCUT2D eigenvalue weighted by Crippen LogP contribution is 2.21. The zero-order valence-corrected chi connectivity index (χ0v) is 12.9. The topological polar surface area (TPSA) is 43.4 Å². The maximum atomic E-state index is 12.4. The van der Waals surface area contributed by atoms with Gasteiger partial charge in [-0.05, 0) is 18.6 Å². The van der Waals surface area contributed by atoms with Crippen LogP contribution in [-0.4, -0.2) is 18.9 Å². The van der Waals surface area contributed by atoms with Crippen LogP contribution in [0.15, 0.2) is 28.7 Å². The Kier molecular flexibility index (Phi) is 6.78. The lowest BCUT2D eigenvalue weighted by atomic mass is 9.90. The third-order valence-electron chi connectivity index (χ3n) is 3.05. The van der Waals surface area contributed by atoms with E-state index >= 15 is 0 Å². The minimum atomic E-state index is -0.327. The van der Waals surface area contributed by atoms with Crippen LogP contribution >= 0.6 is 15.9 Å². The summed E-state index contributed by atoms with van der Waals surface area (Å²) in [6.07, 6.45) is 2.82. The molecule has 0 aliphatic heterocycles. The van der Waals surface area contributed by atoms with Crippen molar-refractivity contribution in [1.82, 2.24) is 0 Å². The first-order chi connectivity index (χ1) is 9.08. The summed E-state index contributed by atoms with van der Waals surface area (Å²) in [5, 5.41) is 0. The molecular weight excluding hydrogens is 308 g/mol. The Labute approximate surface area is 122 Å². The number of benzene rings is 1. The largest absolute Gasteiger partial charge is 0.469 e. The number of ether oxygens (including phenoxy) is 1. The van der Waals surface area contributed by atoms with Crippen LogP contribution in [0.4, 0.5) is 0 Å². The van der Waals surface area contributed by atoms with Gasteiger partial charge in [0.1, 0.15) is 0 Å². The maximum Gasteiger partial charge on any atom is 0.306 e. The number of esters is 1. The number of methoxy groups -OCH3 is 1. The Morgan fingerprint density at radius 1 is 1.26 bits per heavy atom. The van der Waals surface area contributed by atoms with E-state index in [9.17, 15) is 9.59 Å². The number of halogens is 1. The van der Waals surface area contributed by atoms with Crippen molar-refractivity contribution in [2.24, 2.45) is 5.92 Å². The molecule has 1 aromatic carbocycles. The van der Waals surface area contributed by atoms with Crippen LogP contribution in [0.2, 0.25) is 0 Å². The van der Waals surface area contributed by atoms with E-state index in [-0.39, 0.29) is 24.1 Å². The third kappa shape index (κ3) is 5.15. The molecule has 19 heavy (non-hydrogen) atoms. The van der Waals surface area contributed by atoms with Crippen molar-refractivity contribution in [3.63, 3.8) is 0 Å². The van der Waals surface area contributed by atoms with Crippen LogP contribution in [-0.2, 0) is 9.53 Å². The molecule has 1 rings (SSSR count). The van der Waals surface area contributed by atoms with Gasteiger partial charge in [-0.25, -0.2) is 0 Å². The minimum Gasteiger partial charge on any atom is -0.469 e. The minimum absolute atomic E-state index is 0.0198. The van der Waals surface area contributed by atoms with Crippen LogP contribution in [0.25, 0.3) is 0 Å². The predicted octanol–water partition coefficient (Wildman–Crippen LogP) is 4.00. The zero-order valence-electron chi connectivity index (χ0n) is 11.3. The van der Waals surface area contributed by atoms with E-state index in [2.05, 4.69) is 27.6 Å². The standard InChI is InChI=1S/C15H19BrO3/c1-3-4-5-12(10-14(17)19-2)15(18)11-6-8-13(16)9-7-11/h6-9,12H,3-5,10H2,1-2H3/t12-/m1/s1. The molecule has 0 aromatic heterocycles. The average Bonchev–Trinajstić information content (AvgIpc) is 2.43. The molecule has 0 N–H and O–H groups in total. The Balaban J connectivity index is 2.80. The van der Waals surface area contributed by atoms with E-state index in [4.69, 9.17) is 0 Å². The van der Waals surface area contributed by atoms with Gasteiger partial charge in [-0.1, -0.05) is 47.8 Å². The number of hydrogen-bond acceptors (Lipinski definition) is 3. The van der Waals surface area contributed by atoms with Gasteiger partial charge in [0.05, 0.1) is 13.5 Å². The highest BCUT2D eigenvalue weighted by molar-refractivity contribution is 9.10. The van der Waals surface area contributed by atoms with E-state index in [1.54, 1.807) is 12.1 Å². The van der Waals surface area contributed by atoms with Gasteiger partial charge in [0.15, 0.2) is 5.78 Å². The van der Waals surface area contributed by atoms with Crippen molar-refractivity contribution >= 4 is 27.7 Å². The van der Waals surface area contributed by atoms with Gasteiger partial charge in [0.2, 0.25) is 0 Å². The fourth-order valence-electron chi connectivity index (χ4n) is 1.91. The Bertz CT molecular complexity index is 426. The summed E-state index contributed by atoms with van der Waals surface area (Å²) in [5.41, 5.74) is 0.646. The summed E-state index contributed by atoms with van der Waals surface area (Å²) in [6.45, 7) is 2.07. The fraction of sp³-hybridized carbons (Fsp3) is 0.467. The maximum absolute atomic E-state index is 12.4. The lowest BCUT2D eigenvalue weighted by Crippen LogP contribution is -2.19. The molecule has 0 unspecified atom stereocenters. The van der Waals surface area contributed by atoms with Gasteiger partial charge in [-0.2, -0.15) is 0 Å². The van der Waals surface area contributed by atoms with Crippen molar-refractivity contribution in [3.05, 3.63) is 34.3 Å². The van der Waals surface area contributed by atoms with Crippen molar-refractivity contribution < 1.29 is 14.3 Å². The van der Waals surface area contributed by atoms with E-state index in [1.165, 1.54) is 7.11 Å². The van der Waals surface area contributed by atoms with E-state index in [0.29, 0.717) is 5.56 Å². The molecule has 0 heterocycles. The SMILES string of the molecule is CCCC[C@H](CC(=O)OC)C(=O)c1ccc(Br)cc1. The van der Waals surface area contributed by atoms with Gasteiger partial charge in [-0.15, -0.1) is 0 Å². The van der Waals surface area contributed by atoms with Crippen molar-refractivity contribution in [1.29, 1.82) is 0 Å². The first kappa shape index (κ1) is 15.9. The molecule has 104 valence electrons. The molecule has 0 radical (unpaired) electrons. The molecule has 0 fully saturated rings. The van der Waals surface area contributed by atoms with E-state index in [0.717, 1.165) is 23.7 Å². The number of hydrogen-bond donors (Lipinski definition) is 0. The summed E-state index contributed by atoms with van der Waals surface area (Å²) in [7, 11) is 1.35. The number of carbonyl (C=O) groups is 2. The van der Waals surface area contributed by atoms with Crippen molar-refractivity contribution in [2.45, 2.75) is 32.6 Å². The lowest BCUT2D eigenvalue weighted by Gasteiger charge is -2.14. The van der Waals surface area contributed by atoms with E-state index in [1.807, 2.05) is 12.1 Å². The molecule has 0 aliphatic rings. The van der Waals surface area contributed by atoms with Crippen LogP contribution < -0.4 is 0 Å². The molecule has 0 aliphatic carbocycles. The summed E-state index contributed by atoms with van der Waals surface area (Å²) >= 11 is 3.34. The third-order valence-corrected chi connectivity index (χ3v) is 3.58. The monoisotopic (exact) mass is 326 g/mol. The Morgan fingerprint density at radius 2 is 1.89 bits per heavy atom. The number of rotatable bonds is 7. The molecule has 3 nitrogen and oxygen atoms in total. The molecule has 0 spiro atoms. The first-order valence-electron chi connectivity index (χ1n) is 6.45. The zero-order chi connectivity index (χ0) is 14.3. The van der Waals surface area contributed by atoms with Crippen molar-refractivity contribution in [3.8, 4) is 0 Å². The number of ketones is 1. The van der Waals surface area contributed by atoms with Gasteiger partial charge in [0, 0.05) is 16.0 Å². The van der Waals surface area contributed by atoms with Gasteiger partial charge >= 0.3 is 5.97 Å². The molecule has 0 saturated heterocycles. The van der Waals surface area contributed by atoms with Gasteiger partial charge < -0.3 is 4.74 Å². The summed E-state index contributed by atoms with van der Waals surface area (Å²) in [5.74, 6) is -0.591. The summed E-state index contributed by atoms with van der Waals surface area (Å²) in [4.78, 5) is 23.8. The second-order valence-electron chi connectivity index (χ2n) is 4.49. The quantitative estimate of drug-likeness (QED) is 0.561. The summed E-state index contributed by atoms with van der Waals surface area (Å²) in [6, 6.07) is 7.23. The van der Waals surface area contributed by atoms with Crippen LogP contribution in [0.3, 0.4) is 0 Å². The fourth-order valence-corrected chi connectivity index (χ4v) is 2.18. The Morgan fingerprint density at radius 3 is 2.42 bits per heavy atom. The summed E-state index contributed by atoms with van der Waals surface area (Å²) < 4.78 is 5.60. The first-order valence-corrected chi connectivity index (χ1v) is 7.24.